The highest BCUT2D eigenvalue weighted by Crippen LogP contribution is 2.25. The fraction of sp³-hybridized carbons (Fsp3) is 0.0769. The van der Waals surface area contributed by atoms with Crippen LogP contribution in [-0.2, 0) is 4.79 Å². The molecular formula is C13H9ClFNO4S. The average Bonchev–Trinajstić information content (AvgIpc) is 2.88. The van der Waals surface area contributed by atoms with E-state index in [2.05, 4.69) is 5.32 Å². The molecule has 0 spiro atoms. The van der Waals surface area contributed by atoms with Gasteiger partial charge < -0.3 is 15.2 Å². The second-order valence-electron chi connectivity index (χ2n) is 3.88. The zero-order valence-corrected chi connectivity index (χ0v) is 12.0. The Kier molecular flexibility index (Phi) is 4.77. The van der Waals surface area contributed by atoms with Gasteiger partial charge in [-0.2, -0.15) is 0 Å². The number of hydrogen-bond acceptors (Lipinski definition) is 4. The molecule has 0 fully saturated rings. The number of rotatable bonds is 5. The molecule has 0 aliphatic rings. The van der Waals surface area contributed by atoms with Crippen LogP contribution in [0.25, 0.3) is 0 Å². The molecule has 1 aromatic carbocycles. The molecule has 1 aromatic heterocycles. The number of carbonyl (C=O) groups is 2. The third-order valence-electron chi connectivity index (χ3n) is 2.39. The summed E-state index contributed by atoms with van der Waals surface area (Å²) in [6.45, 7) is -0.384. The number of carbonyl (C=O) groups excluding carboxylic acids is 1. The summed E-state index contributed by atoms with van der Waals surface area (Å²) in [6.07, 6.45) is 0. The molecule has 0 radical (unpaired) electrons. The average molecular weight is 330 g/mol. The number of anilines is 1. The van der Waals surface area contributed by atoms with Gasteiger partial charge in [0.05, 0.1) is 10.7 Å². The van der Waals surface area contributed by atoms with Crippen molar-refractivity contribution in [2.24, 2.45) is 0 Å². The summed E-state index contributed by atoms with van der Waals surface area (Å²) in [5.74, 6) is -2.06. The monoisotopic (exact) mass is 329 g/mol. The minimum atomic E-state index is -1.12. The molecule has 8 heteroatoms. The van der Waals surface area contributed by atoms with Gasteiger partial charge in [0.2, 0.25) is 0 Å². The first-order valence-corrected chi connectivity index (χ1v) is 6.91. The first-order valence-electron chi connectivity index (χ1n) is 5.66. The number of nitrogens with one attached hydrogen (secondary N) is 1. The summed E-state index contributed by atoms with van der Waals surface area (Å²) in [6, 6.07) is 5.01. The molecule has 0 unspecified atom stereocenters. The lowest BCUT2D eigenvalue weighted by molar-refractivity contribution is -0.118. The van der Waals surface area contributed by atoms with Gasteiger partial charge >= 0.3 is 5.97 Å². The highest BCUT2D eigenvalue weighted by molar-refractivity contribution is 7.12. The smallest absolute Gasteiger partial charge is 0.349 e. The van der Waals surface area contributed by atoms with Gasteiger partial charge in [-0.05, 0) is 29.6 Å². The standard InChI is InChI=1S/C13H9ClFNO4S/c14-8-5-7(15)1-2-9(8)16-11(17)6-20-10-3-4-21-12(10)13(18)19/h1-5H,6H2,(H,16,17)(H,18,19). The van der Waals surface area contributed by atoms with Crippen LogP contribution >= 0.6 is 22.9 Å². The zero-order chi connectivity index (χ0) is 15.4. The summed E-state index contributed by atoms with van der Waals surface area (Å²) in [5.41, 5.74) is 0.246. The topological polar surface area (TPSA) is 75.6 Å². The third-order valence-corrected chi connectivity index (χ3v) is 3.58. The number of benzene rings is 1. The minimum absolute atomic E-state index is 0.0163. The largest absolute Gasteiger partial charge is 0.482 e. The summed E-state index contributed by atoms with van der Waals surface area (Å²) < 4.78 is 18.0. The Hall–Kier alpha value is -2.12. The lowest BCUT2D eigenvalue weighted by atomic mass is 10.3. The molecule has 0 saturated heterocycles. The van der Waals surface area contributed by atoms with E-state index in [0.717, 1.165) is 23.5 Å². The van der Waals surface area contributed by atoms with Gasteiger partial charge in [-0.1, -0.05) is 11.6 Å². The highest BCUT2D eigenvalue weighted by atomic mass is 35.5. The highest BCUT2D eigenvalue weighted by Gasteiger charge is 2.14. The predicted octanol–water partition coefficient (Wildman–Crippen LogP) is 3.26. The maximum Gasteiger partial charge on any atom is 0.349 e. The Morgan fingerprint density at radius 1 is 1.38 bits per heavy atom. The second kappa shape index (κ2) is 6.55. The molecule has 0 saturated carbocycles. The molecule has 0 atom stereocenters. The van der Waals surface area contributed by atoms with Gasteiger partial charge in [0.15, 0.2) is 11.5 Å². The van der Waals surface area contributed by atoms with Crippen LogP contribution in [0.2, 0.25) is 5.02 Å². The molecule has 21 heavy (non-hydrogen) atoms. The first kappa shape index (κ1) is 15.3. The molecule has 2 rings (SSSR count). The number of carboxylic acids is 1. The number of hydrogen-bond donors (Lipinski definition) is 2. The molecule has 2 aromatic rings. The summed E-state index contributed by atoms with van der Waals surface area (Å²) in [4.78, 5) is 22.6. The van der Waals surface area contributed by atoms with Crippen molar-refractivity contribution < 1.29 is 23.8 Å². The van der Waals surface area contributed by atoms with E-state index in [9.17, 15) is 14.0 Å². The molecule has 0 aliphatic heterocycles. The molecule has 110 valence electrons. The predicted molar refractivity (Wildman–Crippen MR) is 76.8 cm³/mol. The van der Waals surface area contributed by atoms with E-state index < -0.39 is 17.7 Å². The van der Waals surface area contributed by atoms with Crippen LogP contribution in [0, 0.1) is 5.82 Å². The van der Waals surface area contributed by atoms with E-state index in [1.807, 2.05) is 0 Å². The zero-order valence-electron chi connectivity index (χ0n) is 10.4. The van der Waals surface area contributed by atoms with Crippen molar-refractivity contribution in [2.45, 2.75) is 0 Å². The van der Waals surface area contributed by atoms with Crippen molar-refractivity contribution in [3.63, 3.8) is 0 Å². The Labute approximate surface area is 127 Å². The number of amides is 1. The maximum absolute atomic E-state index is 12.9. The Morgan fingerprint density at radius 2 is 2.14 bits per heavy atom. The van der Waals surface area contributed by atoms with Gasteiger partial charge in [-0.15, -0.1) is 11.3 Å². The molecular weight excluding hydrogens is 321 g/mol. The van der Waals surface area contributed by atoms with Crippen LogP contribution in [0.15, 0.2) is 29.6 Å². The van der Waals surface area contributed by atoms with Crippen LogP contribution in [0.3, 0.4) is 0 Å². The van der Waals surface area contributed by atoms with Crippen molar-refractivity contribution in [1.82, 2.24) is 0 Å². The molecule has 5 nitrogen and oxygen atoms in total. The van der Waals surface area contributed by atoms with E-state index in [0.29, 0.717) is 0 Å². The van der Waals surface area contributed by atoms with Gasteiger partial charge in [-0.3, -0.25) is 4.79 Å². The third kappa shape index (κ3) is 3.93. The van der Waals surface area contributed by atoms with Gasteiger partial charge in [-0.25, -0.2) is 9.18 Å². The first-order chi connectivity index (χ1) is 9.97. The maximum atomic E-state index is 12.9. The quantitative estimate of drug-likeness (QED) is 0.883. The van der Waals surface area contributed by atoms with E-state index in [1.165, 1.54) is 12.1 Å². The molecule has 1 amide bonds. The number of carboxylic acid groups (broad SMARTS) is 1. The van der Waals surface area contributed by atoms with Gasteiger partial charge in [0.25, 0.3) is 5.91 Å². The molecule has 0 aliphatic carbocycles. The van der Waals surface area contributed by atoms with Crippen molar-refractivity contribution in [1.29, 1.82) is 0 Å². The Bertz CT molecular complexity index is 689. The number of halogens is 2. The lowest BCUT2D eigenvalue weighted by Crippen LogP contribution is -2.20. The van der Waals surface area contributed by atoms with Crippen LogP contribution in [-0.4, -0.2) is 23.6 Å². The molecule has 2 N–H and O–H groups in total. The fourth-order valence-corrected chi connectivity index (χ4v) is 2.37. The van der Waals surface area contributed by atoms with E-state index in [4.69, 9.17) is 21.4 Å². The van der Waals surface area contributed by atoms with Crippen molar-refractivity contribution in [3.05, 3.63) is 45.4 Å². The van der Waals surface area contributed by atoms with E-state index in [-0.39, 0.29) is 27.9 Å². The lowest BCUT2D eigenvalue weighted by Gasteiger charge is -2.08. The van der Waals surface area contributed by atoms with Crippen LogP contribution in [0.4, 0.5) is 10.1 Å². The summed E-state index contributed by atoms with van der Waals surface area (Å²) in [7, 11) is 0. The van der Waals surface area contributed by atoms with Crippen LogP contribution in [0.1, 0.15) is 9.67 Å². The van der Waals surface area contributed by atoms with E-state index >= 15 is 0 Å². The summed E-state index contributed by atoms with van der Waals surface area (Å²) in [5, 5.41) is 12.9. The van der Waals surface area contributed by atoms with Crippen molar-refractivity contribution in [3.8, 4) is 5.75 Å². The van der Waals surface area contributed by atoms with Gasteiger partial charge in [0.1, 0.15) is 11.6 Å². The second-order valence-corrected chi connectivity index (χ2v) is 5.20. The van der Waals surface area contributed by atoms with Crippen LogP contribution < -0.4 is 10.1 Å². The SMILES string of the molecule is O=C(COc1ccsc1C(=O)O)Nc1ccc(F)cc1Cl. The normalized spacial score (nSPS) is 10.2. The number of ether oxygens (including phenoxy) is 1. The van der Waals surface area contributed by atoms with Crippen LogP contribution in [0.5, 0.6) is 5.75 Å². The molecule has 1 heterocycles. The fourth-order valence-electron chi connectivity index (χ4n) is 1.49. The number of thiophene rings is 1. The Morgan fingerprint density at radius 3 is 2.81 bits per heavy atom. The summed E-state index contributed by atoms with van der Waals surface area (Å²) >= 11 is 6.77. The minimum Gasteiger partial charge on any atom is -0.482 e. The van der Waals surface area contributed by atoms with Gasteiger partial charge in [0, 0.05) is 0 Å². The van der Waals surface area contributed by atoms with Crippen molar-refractivity contribution >= 4 is 40.5 Å². The Balaban J connectivity index is 1.96. The van der Waals surface area contributed by atoms with Crippen molar-refractivity contribution in [2.75, 3.05) is 11.9 Å². The molecule has 0 bridgehead atoms. The number of aromatic carboxylic acids is 1. The van der Waals surface area contributed by atoms with E-state index in [1.54, 1.807) is 5.38 Å².